The summed E-state index contributed by atoms with van der Waals surface area (Å²) in [6.07, 6.45) is 3.63. The Labute approximate surface area is 223 Å². The Balaban J connectivity index is 1.22. The van der Waals surface area contributed by atoms with E-state index in [9.17, 15) is 30.5 Å². The summed E-state index contributed by atoms with van der Waals surface area (Å²) in [5, 5.41) is 55.2. The minimum atomic E-state index is -1.24. The maximum absolute atomic E-state index is 12.4. The number of fused-ring (bicyclic) bond motifs is 5. The number of nitrogens with zero attached hydrogens (tertiary/aromatic N) is 1. The number of ether oxygens (including phenoxy) is 3. The Hall–Kier alpha value is -1.54. The summed E-state index contributed by atoms with van der Waals surface area (Å²) in [6.45, 7) is 4.14. The highest BCUT2D eigenvalue weighted by atomic mass is 16.7. The van der Waals surface area contributed by atoms with Gasteiger partial charge in [-0.3, -0.25) is 0 Å². The third-order valence-corrected chi connectivity index (χ3v) is 11.8. The van der Waals surface area contributed by atoms with E-state index in [-0.39, 0.29) is 36.2 Å². The van der Waals surface area contributed by atoms with Crippen molar-refractivity contribution in [1.82, 2.24) is 0 Å². The van der Waals surface area contributed by atoms with Crippen LogP contribution in [-0.2, 0) is 19.0 Å². The number of carbonyl (C=O) groups is 1. The molecule has 4 N–H and O–H groups in total. The lowest BCUT2D eigenvalue weighted by Gasteiger charge is -2.64. The average Bonchev–Trinajstić information content (AvgIpc) is 3.41. The number of aliphatic hydroxyl groups excluding tert-OH is 2. The van der Waals surface area contributed by atoms with E-state index in [1.165, 1.54) is 0 Å². The van der Waals surface area contributed by atoms with Crippen LogP contribution in [0.15, 0.2) is 11.6 Å². The topological polar surface area (TPSA) is 149 Å². The van der Waals surface area contributed by atoms with Crippen molar-refractivity contribution >= 4 is 5.97 Å². The molecule has 38 heavy (non-hydrogen) atoms. The van der Waals surface area contributed by atoms with E-state index >= 15 is 0 Å². The van der Waals surface area contributed by atoms with Crippen molar-refractivity contribution in [3.63, 3.8) is 0 Å². The van der Waals surface area contributed by atoms with Crippen molar-refractivity contribution in [3.8, 4) is 6.07 Å². The van der Waals surface area contributed by atoms with E-state index < -0.39 is 46.6 Å². The van der Waals surface area contributed by atoms with Gasteiger partial charge < -0.3 is 34.6 Å². The lowest BCUT2D eigenvalue weighted by molar-refractivity contribution is -0.284. The largest absolute Gasteiger partial charge is 0.458 e. The molecule has 0 aromatic heterocycles. The first-order chi connectivity index (χ1) is 18.0. The molecule has 1 saturated heterocycles. The molecule has 0 amide bonds. The zero-order valence-corrected chi connectivity index (χ0v) is 22.3. The molecule has 0 bridgehead atoms. The van der Waals surface area contributed by atoms with Crippen molar-refractivity contribution in [2.75, 3.05) is 6.61 Å². The van der Waals surface area contributed by atoms with Crippen LogP contribution in [0.4, 0.5) is 0 Å². The van der Waals surface area contributed by atoms with Crippen LogP contribution in [0.25, 0.3) is 0 Å². The third-order valence-electron chi connectivity index (χ3n) is 11.8. The quantitative estimate of drug-likeness (QED) is 0.317. The number of aliphatic hydroxyl groups is 4. The predicted octanol–water partition coefficient (Wildman–Crippen LogP) is 2.10. The monoisotopic (exact) mass is 531 g/mol. The zero-order valence-electron chi connectivity index (χ0n) is 22.3. The number of carbonyl (C=O) groups excluding carboxylic acids is 1. The molecule has 0 aromatic rings. The van der Waals surface area contributed by atoms with Crippen LogP contribution in [0.5, 0.6) is 0 Å². The van der Waals surface area contributed by atoms with Crippen LogP contribution >= 0.6 is 0 Å². The summed E-state index contributed by atoms with van der Waals surface area (Å²) < 4.78 is 17.2. The first-order valence-corrected chi connectivity index (χ1v) is 14.4. The second kappa shape index (κ2) is 8.98. The minimum Gasteiger partial charge on any atom is -0.458 e. The van der Waals surface area contributed by atoms with Crippen LogP contribution in [0.1, 0.15) is 78.1 Å². The smallest absolute Gasteiger partial charge is 0.331 e. The second-order valence-electron chi connectivity index (χ2n) is 13.2. The number of esters is 1. The molecule has 6 aliphatic rings. The fourth-order valence-electron chi connectivity index (χ4n) is 9.69. The van der Waals surface area contributed by atoms with Gasteiger partial charge in [-0.25, -0.2) is 4.79 Å². The van der Waals surface area contributed by atoms with Gasteiger partial charge in [-0.1, -0.05) is 6.92 Å². The molecule has 0 radical (unpaired) electrons. The molecular formula is C29H41NO8. The molecule has 9 nitrogen and oxygen atoms in total. The van der Waals surface area contributed by atoms with E-state index in [2.05, 4.69) is 13.0 Å². The molecule has 2 aliphatic heterocycles. The molecule has 6 rings (SSSR count). The predicted molar refractivity (Wildman–Crippen MR) is 133 cm³/mol. The summed E-state index contributed by atoms with van der Waals surface area (Å²) in [4.78, 5) is 11.8. The highest BCUT2D eigenvalue weighted by molar-refractivity contribution is 5.85. The molecule has 5 fully saturated rings. The van der Waals surface area contributed by atoms with Crippen LogP contribution < -0.4 is 0 Å². The average molecular weight is 532 g/mol. The molecule has 0 aromatic carbocycles. The number of cyclic esters (lactones) is 1. The molecule has 0 unspecified atom stereocenters. The van der Waals surface area contributed by atoms with Crippen molar-refractivity contribution in [2.45, 2.75) is 120 Å². The molecular weight excluding hydrogens is 490 g/mol. The maximum atomic E-state index is 12.4. The van der Waals surface area contributed by atoms with Gasteiger partial charge in [-0.05, 0) is 81.6 Å². The zero-order chi connectivity index (χ0) is 27.1. The van der Waals surface area contributed by atoms with Crippen molar-refractivity contribution < 1.29 is 39.4 Å². The van der Waals surface area contributed by atoms with Gasteiger partial charge in [-0.2, -0.15) is 5.26 Å². The molecule has 9 heteroatoms. The maximum Gasteiger partial charge on any atom is 0.331 e. The van der Waals surface area contributed by atoms with Crippen LogP contribution in [-0.4, -0.2) is 74.9 Å². The van der Waals surface area contributed by atoms with Gasteiger partial charge >= 0.3 is 5.97 Å². The summed E-state index contributed by atoms with van der Waals surface area (Å²) >= 11 is 0. The van der Waals surface area contributed by atoms with Gasteiger partial charge in [0.25, 0.3) is 0 Å². The van der Waals surface area contributed by atoms with E-state index in [1.807, 2.05) is 0 Å². The van der Waals surface area contributed by atoms with Gasteiger partial charge in [0, 0.05) is 24.3 Å². The first-order valence-electron chi connectivity index (χ1n) is 14.4. The molecule has 2 heterocycles. The van der Waals surface area contributed by atoms with Crippen LogP contribution in [0.2, 0.25) is 0 Å². The van der Waals surface area contributed by atoms with Gasteiger partial charge in [0.1, 0.15) is 12.7 Å². The summed E-state index contributed by atoms with van der Waals surface area (Å²) in [7, 11) is 0. The van der Waals surface area contributed by atoms with Crippen molar-refractivity contribution in [3.05, 3.63) is 11.6 Å². The third kappa shape index (κ3) is 3.60. The fourth-order valence-corrected chi connectivity index (χ4v) is 9.69. The van der Waals surface area contributed by atoms with Crippen molar-refractivity contribution in [2.24, 2.45) is 28.6 Å². The number of hydrogen-bond acceptors (Lipinski definition) is 9. The normalized spacial score (nSPS) is 54.2. The molecule has 4 aliphatic carbocycles. The number of rotatable bonds is 3. The van der Waals surface area contributed by atoms with Crippen LogP contribution in [0.3, 0.4) is 0 Å². The lowest BCUT2D eigenvalue weighted by atomic mass is 9.41. The van der Waals surface area contributed by atoms with Crippen LogP contribution in [0, 0.1) is 39.9 Å². The van der Waals surface area contributed by atoms with E-state index in [0.29, 0.717) is 45.1 Å². The fraction of sp³-hybridized carbons (Fsp3) is 0.862. The van der Waals surface area contributed by atoms with E-state index in [0.717, 1.165) is 24.8 Å². The van der Waals surface area contributed by atoms with E-state index in [4.69, 9.17) is 14.2 Å². The Kier molecular flexibility index (Phi) is 6.31. The summed E-state index contributed by atoms with van der Waals surface area (Å²) in [6, 6.07) is 2.59. The molecule has 12 atom stereocenters. The molecule has 4 saturated carbocycles. The Morgan fingerprint density at radius 3 is 2.53 bits per heavy atom. The van der Waals surface area contributed by atoms with Gasteiger partial charge in [0.15, 0.2) is 6.29 Å². The highest BCUT2D eigenvalue weighted by Gasteiger charge is 2.72. The van der Waals surface area contributed by atoms with Gasteiger partial charge in [0.2, 0.25) is 0 Å². The SMILES string of the molecule is C[C@H]1O[C@@H](O[C@@H]2CC[C@]3(C#N)[C@H]4CC[C@]5(C)[C@H](C6=CC(=O)OC6)CC[C@]5(O)[C@H]4CC[C@]3(O)C2)C[C@H](O)[C@@H]1O. The van der Waals surface area contributed by atoms with Gasteiger partial charge in [0.05, 0.1) is 41.0 Å². The van der Waals surface area contributed by atoms with Gasteiger partial charge in [-0.15, -0.1) is 0 Å². The Morgan fingerprint density at radius 2 is 1.84 bits per heavy atom. The Bertz CT molecular complexity index is 1050. The highest BCUT2D eigenvalue weighted by Crippen LogP contribution is 2.70. The lowest BCUT2D eigenvalue weighted by Crippen LogP contribution is -2.68. The number of hydrogen-bond donors (Lipinski definition) is 4. The van der Waals surface area contributed by atoms with E-state index in [1.54, 1.807) is 13.0 Å². The second-order valence-corrected chi connectivity index (χ2v) is 13.2. The molecule has 0 spiro atoms. The number of nitriles is 1. The minimum absolute atomic E-state index is 0.0784. The summed E-state index contributed by atoms with van der Waals surface area (Å²) in [5.74, 6) is -0.449. The standard InChI is InChI=1S/C29H41NO8/c1-16-25(33)22(31)12-24(37-16)38-18-3-8-27(15-30)20-4-7-26(2)19(17-11-23(32)36-14-17)6-10-29(26,35)21(20)5-9-28(27,34)13-18/h11,16,18-22,24-25,31,33-35H,3-10,12-14H2,1-2H3/t16-,18-,19+,20+,21+,22+,24+,25-,26-,27+,28+,29+/m1/s1. The molecule has 210 valence electrons. The Morgan fingerprint density at radius 1 is 1.08 bits per heavy atom. The van der Waals surface area contributed by atoms with Crippen molar-refractivity contribution in [1.29, 1.82) is 5.26 Å². The summed E-state index contributed by atoms with van der Waals surface area (Å²) in [5.41, 5.74) is -2.59. The first kappa shape index (κ1) is 26.7.